The molecule has 6 saturated carbocycles. The second-order valence-electron chi connectivity index (χ2n) is 16.2. The van der Waals surface area contributed by atoms with E-state index in [2.05, 4.69) is 45.3 Å². The van der Waals surface area contributed by atoms with E-state index < -0.39 is 0 Å². The van der Waals surface area contributed by atoms with E-state index in [1.165, 1.54) is 57.8 Å². The van der Waals surface area contributed by atoms with Gasteiger partial charge in [-0.15, -0.1) is 0 Å². The first-order valence-corrected chi connectivity index (χ1v) is 17.1. The summed E-state index contributed by atoms with van der Waals surface area (Å²) in [6.07, 6.45) is 16.1. The number of nitrogens with one attached hydrogen (secondary N) is 2. The summed E-state index contributed by atoms with van der Waals surface area (Å²) >= 11 is 0. The first kappa shape index (κ1) is 28.7. The van der Waals surface area contributed by atoms with Crippen LogP contribution in [0.4, 0.5) is 0 Å². The number of fused-ring (bicyclic) bond motifs is 7. The summed E-state index contributed by atoms with van der Waals surface area (Å²) in [6.45, 7) is 12.9. The number of aldehydes is 1. The summed E-state index contributed by atoms with van der Waals surface area (Å²) in [5.41, 5.74) is 0.756. The molecule has 13 atom stereocenters. The van der Waals surface area contributed by atoms with Gasteiger partial charge in [-0.3, -0.25) is 9.59 Å². The van der Waals surface area contributed by atoms with E-state index in [-0.39, 0.29) is 29.2 Å². The van der Waals surface area contributed by atoms with Gasteiger partial charge in [0.15, 0.2) is 0 Å². The van der Waals surface area contributed by atoms with Gasteiger partial charge in [0.25, 0.3) is 0 Å². The van der Waals surface area contributed by atoms with Crippen molar-refractivity contribution in [3.05, 3.63) is 0 Å². The van der Waals surface area contributed by atoms with Gasteiger partial charge in [0.05, 0.1) is 5.41 Å². The van der Waals surface area contributed by atoms with Gasteiger partial charge in [-0.25, -0.2) is 0 Å². The van der Waals surface area contributed by atoms with Crippen molar-refractivity contribution in [1.29, 1.82) is 0 Å². The van der Waals surface area contributed by atoms with Gasteiger partial charge in [-0.05, 0) is 129 Å². The molecule has 224 valence electrons. The molecule has 0 aromatic heterocycles. The molecule has 0 bridgehead atoms. The molecule has 40 heavy (non-hydrogen) atoms. The van der Waals surface area contributed by atoms with Crippen LogP contribution in [-0.2, 0) is 14.4 Å². The summed E-state index contributed by atoms with van der Waals surface area (Å²) in [7, 11) is 0. The summed E-state index contributed by atoms with van der Waals surface area (Å²) in [4.78, 5) is 37.2. The van der Waals surface area contributed by atoms with Crippen LogP contribution in [0, 0.1) is 69.5 Å². The average molecular weight is 553 g/mol. The molecule has 0 saturated heterocycles. The molecule has 6 aliphatic carbocycles. The molecular weight excluding hydrogens is 496 g/mol. The van der Waals surface area contributed by atoms with Crippen LogP contribution in [0.3, 0.4) is 0 Å². The number of rotatable bonds is 6. The van der Waals surface area contributed by atoms with Crippen molar-refractivity contribution in [2.24, 2.45) is 69.5 Å². The Hall–Kier alpha value is -1.39. The van der Waals surface area contributed by atoms with Gasteiger partial charge in [0.2, 0.25) is 11.8 Å². The molecule has 0 aromatic rings. The summed E-state index contributed by atoms with van der Waals surface area (Å²) in [6, 6.07) is 0.0989. The second kappa shape index (κ2) is 10.4. The lowest BCUT2D eigenvalue weighted by molar-refractivity contribution is -0.190. The lowest BCUT2D eigenvalue weighted by Gasteiger charge is -2.67. The highest BCUT2D eigenvalue weighted by Gasteiger charge is 2.65. The Bertz CT molecular complexity index is 1010. The Balaban J connectivity index is 1.14. The quantitative estimate of drug-likeness (QED) is 0.290. The first-order valence-electron chi connectivity index (χ1n) is 17.1. The molecule has 2 N–H and O–H groups in total. The molecule has 0 aromatic carbocycles. The average Bonchev–Trinajstić information content (AvgIpc) is 3.38. The van der Waals surface area contributed by atoms with Crippen LogP contribution < -0.4 is 10.6 Å². The number of hydrogen-bond acceptors (Lipinski definition) is 3. The minimum atomic E-state index is -0.183. The molecule has 5 heteroatoms. The fourth-order valence-electron chi connectivity index (χ4n) is 12.4. The fraction of sp³-hybridized carbons (Fsp3) is 0.914. The van der Waals surface area contributed by atoms with E-state index >= 15 is 0 Å². The smallest absolute Gasteiger partial charge is 0.226 e. The van der Waals surface area contributed by atoms with Crippen LogP contribution in [0.25, 0.3) is 0 Å². The normalized spacial score (nSPS) is 51.2. The molecular formula is C35H56N2O3. The van der Waals surface area contributed by atoms with E-state index in [0.717, 1.165) is 55.1 Å². The summed E-state index contributed by atoms with van der Waals surface area (Å²) in [5.74, 6) is 5.94. The lowest BCUT2D eigenvalue weighted by atomic mass is 9.37. The highest BCUT2D eigenvalue weighted by atomic mass is 16.2. The topological polar surface area (TPSA) is 75.3 Å². The highest BCUT2D eigenvalue weighted by Crippen LogP contribution is 2.72. The molecule has 0 aliphatic heterocycles. The zero-order chi connectivity index (χ0) is 28.4. The number of carbonyl (C=O) groups excluding carboxylic acids is 3. The van der Waals surface area contributed by atoms with Crippen LogP contribution in [-0.4, -0.2) is 30.7 Å². The molecule has 6 rings (SSSR count). The van der Waals surface area contributed by atoms with E-state index in [4.69, 9.17) is 0 Å². The number of hydrogen-bond donors (Lipinski definition) is 2. The molecule has 13 unspecified atom stereocenters. The fourth-order valence-corrected chi connectivity index (χ4v) is 12.4. The van der Waals surface area contributed by atoms with E-state index in [1.807, 2.05) is 0 Å². The Morgan fingerprint density at radius 1 is 0.825 bits per heavy atom. The van der Waals surface area contributed by atoms with Crippen molar-refractivity contribution in [2.45, 2.75) is 124 Å². The Morgan fingerprint density at radius 3 is 2.30 bits per heavy atom. The van der Waals surface area contributed by atoms with Crippen molar-refractivity contribution in [1.82, 2.24) is 10.6 Å². The standard InChI is InChI=1S/C35H56N2O3/c1-21-11-15-33(4)26(22(21)2)12-16-34(5)27-13-17-35(14-6-8-28(35)24(27)9-10-30(33)34)32(40)37-29-20-25(23(29)3)31(39)36-18-7-19-38/h19,21-30H,6-18,20H2,1-5H3,(H,36,39)(H,37,40). The van der Waals surface area contributed by atoms with Crippen LogP contribution in [0.1, 0.15) is 118 Å². The van der Waals surface area contributed by atoms with Gasteiger partial charge in [0, 0.05) is 24.9 Å². The van der Waals surface area contributed by atoms with Gasteiger partial charge >= 0.3 is 0 Å². The Morgan fingerprint density at radius 2 is 1.55 bits per heavy atom. The highest BCUT2D eigenvalue weighted by molar-refractivity contribution is 5.85. The SMILES string of the molecule is CC1CCC2(C)C(CCC3(C)C4CCC5(C(=O)NC6CC(C(=O)NCCC=O)C6C)CCCC5C4CCC23)C1C. The number of carbonyl (C=O) groups is 3. The van der Waals surface area contributed by atoms with Crippen molar-refractivity contribution >= 4 is 18.1 Å². The molecule has 5 nitrogen and oxygen atoms in total. The maximum Gasteiger partial charge on any atom is 0.226 e. The third-order valence-corrected chi connectivity index (χ3v) is 15.0. The number of amides is 2. The van der Waals surface area contributed by atoms with Gasteiger partial charge in [-0.2, -0.15) is 0 Å². The maximum absolute atomic E-state index is 14.1. The van der Waals surface area contributed by atoms with E-state index in [0.29, 0.717) is 41.5 Å². The van der Waals surface area contributed by atoms with E-state index in [1.54, 1.807) is 0 Å². The van der Waals surface area contributed by atoms with Gasteiger partial charge in [-0.1, -0.05) is 41.0 Å². The zero-order valence-electron chi connectivity index (χ0n) is 26.0. The van der Waals surface area contributed by atoms with Crippen LogP contribution in [0.15, 0.2) is 0 Å². The molecule has 0 heterocycles. The van der Waals surface area contributed by atoms with Crippen LogP contribution in [0.2, 0.25) is 0 Å². The predicted molar refractivity (Wildman–Crippen MR) is 158 cm³/mol. The third kappa shape index (κ3) is 4.16. The van der Waals surface area contributed by atoms with Crippen LogP contribution in [0.5, 0.6) is 0 Å². The van der Waals surface area contributed by atoms with Crippen molar-refractivity contribution in [3.8, 4) is 0 Å². The Labute approximate surface area is 243 Å². The van der Waals surface area contributed by atoms with Gasteiger partial charge in [0.1, 0.15) is 6.29 Å². The molecule has 0 radical (unpaired) electrons. The van der Waals surface area contributed by atoms with Crippen molar-refractivity contribution in [3.63, 3.8) is 0 Å². The largest absolute Gasteiger partial charge is 0.355 e. The predicted octanol–water partition coefficient (Wildman–Crippen LogP) is 6.54. The summed E-state index contributed by atoms with van der Waals surface area (Å²) in [5, 5.41) is 6.38. The van der Waals surface area contributed by atoms with Crippen molar-refractivity contribution < 1.29 is 14.4 Å². The third-order valence-electron chi connectivity index (χ3n) is 15.0. The van der Waals surface area contributed by atoms with E-state index in [9.17, 15) is 14.4 Å². The molecule has 6 fully saturated rings. The molecule has 0 spiro atoms. The molecule has 2 amide bonds. The molecule has 6 aliphatic rings. The lowest BCUT2D eigenvalue weighted by Crippen LogP contribution is -2.63. The summed E-state index contributed by atoms with van der Waals surface area (Å²) < 4.78 is 0. The van der Waals surface area contributed by atoms with Crippen molar-refractivity contribution in [2.75, 3.05) is 6.54 Å². The Kier molecular flexibility index (Phi) is 7.47. The maximum atomic E-state index is 14.1. The monoisotopic (exact) mass is 552 g/mol. The second-order valence-corrected chi connectivity index (χ2v) is 16.2. The first-order chi connectivity index (χ1) is 19.1. The van der Waals surface area contributed by atoms with Gasteiger partial charge < -0.3 is 15.4 Å². The minimum absolute atomic E-state index is 0.0347. The van der Waals surface area contributed by atoms with Crippen LogP contribution >= 0.6 is 0 Å². The minimum Gasteiger partial charge on any atom is -0.355 e. The zero-order valence-corrected chi connectivity index (χ0v) is 26.0.